The summed E-state index contributed by atoms with van der Waals surface area (Å²) in [6, 6.07) is -0.415. The summed E-state index contributed by atoms with van der Waals surface area (Å²) in [6.07, 6.45) is 4.57. The van der Waals surface area contributed by atoms with E-state index < -0.39 is 6.04 Å². The van der Waals surface area contributed by atoms with Gasteiger partial charge in [0.05, 0.1) is 12.2 Å². The SMILES string of the molecule is CCC(C)[C@H](N)C(=O)N(C)Cc1cnn(C)c1. The van der Waals surface area contributed by atoms with Crippen molar-refractivity contribution in [3.05, 3.63) is 18.0 Å². The Bertz CT molecular complexity index is 374. The Balaban J connectivity index is 2.58. The van der Waals surface area contributed by atoms with E-state index in [4.69, 9.17) is 5.73 Å². The second kappa shape index (κ2) is 5.82. The fourth-order valence-corrected chi connectivity index (χ4v) is 1.66. The number of rotatable bonds is 5. The van der Waals surface area contributed by atoms with E-state index in [1.165, 1.54) is 0 Å². The van der Waals surface area contributed by atoms with Crippen LogP contribution in [0, 0.1) is 5.92 Å². The molecule has 17 heavy (non-hydrogen) atoms. The van der Waals surface area contributed by atoms with E-state index in [-0.39, 0.29) is 11.8 Å². The predicted molar refractivity (Wildman–Crippen MR) is 67.1 cm³/mol. The summed E-state index contributed by atoms with van der Waals surface area (Å²) < 4.78 is 1.72. The van der Waals surface area contributed by atoms with Gasteiger partial charge in [-0.15, -0.1) is 0 Å². The summed E-state index contributed by atoms with van der Waals surface area (Å²) in [4.78, 5) is 13.7. The zero-order valence-electron chi connectivity index (χ0n) is 11.1. The van der Waals surface area contributed by atoms with Crippen LogP contribution >= 0.6 is 0 Å². The second-order valence-corrected chi connectivity index (χ2v) is 4.63. The molecule has 1 aromatic heterocycles. The van der Waals surface area contributed by atoms with Gasteiger partial charge in [-0.2, -0.15) is 5.10 Å². The molecule has 0 aromatic carbocycles. The van der Waals surface area contributed by atoms with Crippen LogP contribution < -0.4 is 5.73 Å². The first-order valence-corrected chi connectivity index (χ1v) is 5.93. The van der Waals surface area contributed by atoms with Gasteiger partial charge in [0.1, 0.15) is 0 Å². The number of aromatic nitrogens is 2. The first-order chi connectivity index (χ1) is 7.95. The van der Waals surface area contributed by atoms with Gasteiger partial charge in [0.2, 0.25) is 5.91 Å². The van der Waals surface area contributed by atoms with Crippen LogP contribution in [0.2, 0.25) is 0 Å². The maximum absolute atomic E-state index is 12.0. The van der Waals surface area contributed by atoms with Crippen LogP contribution in [-0.2, 0) is 18.4 Å². The lowest BCUT2D eigenvalue weighted by atomic mass is 9.99. The number of likely N-dealkylation sites (N-methyl/N-ethyl adjacent to an activating group) is 1. The van der Waals surface area contributed by atoms with E-state index in [1.807, 2.05) is 27.1 Å². The van der Waals surface area contributed by atoms with Crippen molar-refractivity contribution >= 4 is 5.91 Å². The van der Waals surface area contributed by atoms with Crippen molar-refractivity contribution in [2.45, 2.75) is 32.9 Å². The largest absolute Gasteiger partial charge is 0.340 e. The highest BCUT2D eigenvalue weighted by Gasteiger charge is 2.22. The Kier molecular flexibility index (Phi) is 4.69. The molecular formula is C12H22N4O. The van der Waals surface area contributed by atoms with Crippen LogP contribution in [-0.4, -0.2) is 33.7 Å². The number of carbonyl (C=O) groups excluding carboxylic acids is 1. The molecular weight excluding hydrogens is 216 g/mol. The molecule has 5 heteroatoms. The third kappa shape index (κ3) is 3.56. The molecule has 0 bridgehead atoms. The van der Waals surface area contributed by atoms with E-state index in [9.17, 15) is 4.79 Å². The fraction of sp³-hybridized carbons (Fsp3) is 0.667. The number of aryl methyl sites for hydroxylation is 1. The summed E-state index contributed by atoms with van der Waals surface area (Å²) in [5.74, 6) is 0.196. The molecule has 1 heterocycles. The topological polar surface area (TPSA) is 64.2 Å². The summed E-state index contributed by atoms with van der Waals surface area (Å²) in [5.41, 5.74) is 6.93. The summed E-state index contributed by atoms with van der Waals surface area (Å²) in [6.45, 7) is 4.59. The lowest BCUT2D eigenvalue weighted by Crippen LogP contribution is -2.45. The van der Waals surface area contributed by atoms with Gasteiger partial charge in [0.25, 0.3) is 0 Å². The molecule has 0 aliphatic carbocycles. The van der Waals surface area contributed by atoms with E-state index in [1.54, 1.807) is 22.8 Å². The highest BCUT2D eigenvalue weighted by Crippen LogP contribution is 2.09. The third-order valence-electron chi connectivity index (χ3n) is 3.10. The van der Waals surface area contributed by atoms with Crippen molar-refractivity contribution in [3.63, 3.8) is 0 Å². The quantitative estimate of drug-likeness (QED) is 0.823. The Morgan fingerprint density at radius 3 is 2.76 bits per heavy atom. The molecule has 5 nitrogen and oxygen atoms in total. The Hall–Kier alpha value is -1.36. The molecule has 2 atom stereocenters. The Morgan fingerprint density at radius 2 is 2.29 bits per heavy atom. The molecule has 0 fully saturated rings. The number of carbonyl (C=O) groups is 1. The first kappa shape index (κ1) is 13.7. The van der Waals surface area contributed by atoms with Gasteiger partial charge in [-0.05, 0) is 5.92 Å². The zero-order valence-corrected chi connectivity index (χ0v) is 11.1. The van der Waals surface area contributed by atoms with Crippen molar-refractivity contribution in [1.29, 1.82) is 0 Å². The number of amides is 1. The average molecular weight is 238 g/mol. The van der Waals surface area contributed by atoms with Crippen molar-refractivity contribution in [2.24, 2.45) is 18.7 Å². The lowest BCUT2D eigenvalue weighted by Gasteiger charge is -2.24. The molecule has 1 rings (SSSR count). The summed E-state index contributed by atoms with van der Waals surface area (Å²) >= 11 is 0. The van der Waals surface area contributed by atoms with E-state index in [2.05, 4.69) is 5.10 Å². The summed E-state index contributed by atoms with van der Waals surface area (Å²) in [7, 11) is 3.63. The predicted octanol–water partition coefficient (Wildman–Crippen LogP) is 0.752. The Morgan fingerprint density at radius 1 is 1.65 bits per heavy atom. The lowest BCUT2D eigenvalue weighted by molar-refractivity contribution is -0.132. The normalized spacial score (nSPS) is 14.4. The summed E-state index contributed by atoms with van der Waals surface area (Å²) in [5, 5.41) is 4.07. The molecule has 0 spiro atoms. The van der Waals surface area contributed by atoms with Gasteiger partial charge in [-0.3, -0.25) is 9.48 Å². The molecule has 1 unspecified atom stereocenters. The van der Waals surface area contributed by atoms with Crippen LogP contribution in [0.25, 0.3) is 0 Å². The smallest absolute Gasteiger partial charge is 0.239 e. The third-order valence-corrected chi connectivity index (χ3v) is 3.10. The minimum absolute atomic E-state index is 0.0109. The van der Waals surface area contributed by atoms with Gasteiger partial charge in [-0.25, -0.2) is 0 Å². The van der Waals surface area contributed by atoms with E-state index in [0.717, 1.165) is 12.0 Å². The van der Waals surface area contributed by atoms with Gasteiger partial charge in [0.15, 0.2) is 0 Å². The van der Waals surface area contributed by atoms with Gasteiger partial charge in [-0.1, -0.05) is 20.3 Å². The second-order valence-electron chi connectivity index (χ2n) is 4.63. The van der Waals surface area contributed by atoms with Crippen LogP contribution in [0.4, 0.5) is 0 Å². The van der Waals surface area contributed by atoms with Crippen LogP contribution in [0.5, 0.6) is 0 Å². The molecule has 0 radical (unpaired) electrons. The molecule has 2 N–H and O–H groups in total. The molecule has 1 amide bonds. The van der Waals surface area contributed by atoms with Gasteiger partial charge < -0.3 is 10.6 Å². The standard InChI is InChI=1S/C12H22N4O/c1-5-9(2)11(13)12(17)15(3)7-10-6-14-16(4)8-10/h6,8-9,11H,5,7,13H2,1-4H3/t9?,11-/m0/s1. The zero-order chi connectivity index (χ0) is 13.0. The van der Waals surface area contributed by atoms with E-state index >= 15 is 0 Å². The molecule has 0 aliphatic rings. The number of hydrogen-bond acceptors (Lipinski definition) is 3. The molecule has 0 aliphatic heterocycles. The number of nitrogens with zero attached hydrogens (tertiary/aromatic N) is 3. The van der Waals surface area contributed by atoms with E-state index in [0.29, 0.717) is 6.54 Å². The molecule has 1 aromatic rings. The molecule has 96 valence electrons. The van der Waals surface area contributed by atoms with Crippen molar-refractivity contribution < 1.29 is 4.79 Å². The first-order valence-electron chi connectivity index (χ1n) is 5.93. The minimum Gasteiger partial charge on any atom is -0.340 e. The van der Waals surface area contributed by atoms with Crippen LogP contribution in [0.15, 0.2) is 12.4 Å². The minimum atomic E-state index is -0.415. The highest BCUT2D eigenvalue weighted by atomic mass is 16.2. The van der Waals surface area contributed by atoms with Crippen molar-refractivity contribution in [2.75, 3.05) is 7.05 Å². The fourth-order valence-electron chi connectivity index (χ4n) is 1.66. The average Bonchev–Trinajstić information content (AvgIpc) is 2.71. The van der Waals surface area contributed by atoms with Crippen molar-refractivity contribution in [1.82, 2.24) is 14.7 Å². The molecule has 0 saturated carbocycles. The maximum atomic E-state index is 12.0. The highest BCUT2D eigenvalue weighted by molar-refractivity contribution is 5.81. The van der Waals surface area contributed by atoms with Crippen LogP contribution in [0.3, 0.4) is 0 Å². The van der Waals surface area contributed by atoms with Gasteiger partial charge >= 0.3 is 0 Å². The monoisotopic (exact) mass is 238 g/mol. The van der Waals surface area contributed by atoms with Gasteiger partial charge in [0, 0.05) is 32.4 Å². The number of nitrogens with two attached hydrogens (primary N) is 1. The number of hydrogen-bond donors (Lipinski definition) is 1. The Labute approximate surface area is 103 Å². The molecule has 0 saturated heterocycles. The maximum Gasteiger partial charge on any atom is 0.239 e. The van der Waals surface area contributed by atoms with Crippen LogP contribution in [0.1, 0.15) is 25.8 Å². The van der Waals surface area contributed by atoms with Crippen molar-refractivity contribution in [3.8, 4) is 0 Å².